The first kappa shape index (κ1) is 14.9. The highest BCUT2D eigenvalue weighted by Crippen LogP contribution is 1.92. The van der Waals surface area contributed by atoms with Crippen LogP contribution in [-0.2, 0) is 19.1 Å². The number of ether oxygens (including phenoxy) is 2. The van der Waals surface area contributed by atoms with Crippen molar-refractivity contribution >= 4 is 23.9 Å². The Hall–Kier alpha value is -2.12. The maximum Gasteiger partial charge on any atom is 0.413 e. The topological polar surface area (TPSA) is 125 Å². The number of nitrogens with two attached hydrogens (primary N) is 1. The van der Waals surface area contributed by atoms with Crippen LogP contribution in [-0.4, -0.2) is 37.1 Å². The lowest BCUT2D eigenvalue weighted by atomic mass is 10.2. The molecule has 0 unspecified atom stereocenters. The number of amides is 3. The second-order valence-corrected chi connectivity index (χ2v) is 2.90. The van der Waals surface area contributed by atoms with E-state index in [-0.39, 0.29) is 19.6 Å². The summed E-state index contributed by atoms with van der Waals surface area (Å²) in [4.78, 5) is 43.2. The van der Waals surface area contributed by atoms with Crippen LogP contribution in [0.2, 0.25) is 0 Å². The van der Waals surface area contributed by atoms with Gasteiger partial charge in [-0.15, -0.1) is 0 Å². The Labute approximate surface area is 97.4 Å². The molecule has 0 atom stereocenters. The molecule has 8 heteroatoms. The van der Waals surface area contributed by atoms with Crippen LogP contribution in [0, 0.1) is 0 Å². The van der Waals surface area contributed by atoms with E-state index >= 15 is 0 Å². The Morgan fingerprint density at radius 2 is 1.82 bits per heavy atom. The van der Waals surface area contributed by atoms with Crippen LogP contribution in [0.15, 0.2) is 0 Å². The van der Waals surface area contributed by atoms with Crippen LogP contribution in [0.1, 0.15) is 19.8 Å². The average Bonchev–Trinajstić information content (AvgIpc) is 2.16. The maximum absolute atomic E-state index is 11.1. The molecule has 0 aromatic rings. The van der Waals surface area contributed by atoms with Crippen molar-refractivity contribution in [1.82, 2.24) is 5.32 Å². The number of imide groups is 1. The lowest BCUT2D eigenvalue weighted by Gasteiger charge is -2.03. The van der Waals surface area contributed by atoms with Crippen LogP contribution in [0.3, 0.4) is 0 Å². The molecule has 0 spiro atoms. The van der Waals surface area contributed by atoms with Gasteiger partial charge in [0.2, 0.25) is 5.91 Å². The number of nitrogens with one attached hydrogen (secondary N) is 1. The van der Waals surface area contributed by atoms with Crippen molar-refractivity contribution < 1.29 is 28.7 Å². The predicted octanol–water partition coefficient (Wildman–Crippen LogP) is -0.296. The van der Waals surface area contributed by atoms with Gasteiger partial charge >= 0.3 is 12.2 Å². The summed E-state index contributed by atoms with van der Waals surface area (Å²) in [5.41, 5.74) is 4.67. The summed E-state index contributed by atoms with van der Waals surface area (Å²) >= 11 is 0. The number of primary amides is 1. The second kappa shape index (κ2) is 8.08. The van der Waals surface area contributed by atoms with Crippen LogP contribution >= 0.6 is 0 Å². The highest BCUT2D eigenvalue weighted by Gasteiger charge is 2.13. The zero-order chi connectivity index (χ0) is 13.3. The minimum Gasteiger partial charge on any atom is -0.450 e. The van der Waals surface area contributed by atoms with Crippen molar-refractivity contribution in [3.05, 3.63) is 0 Å². The zero-order valence-corrected chi connectivity index (χ0v) is 9.36. The third kappa shape index (κ3) is 8.85. The number of carbonyl (C=O) groups excluding carboxylic acids is 4. The van der Waals surface area contributed by atoms with Gasteiger partial charge in [0.05, 0.1) is 13.0 Å². The Kier molecular flexibility index (Phi) is 7.07. The van der Waals surface area contributed by atoms with Crippen LogP contribution in [0.25, 0.3) is 0 Å². The highest BCUT2D eigenvalue weighted by atomic mass is 16.5. The third-order valence-electron chi connectivity index (χ3n) is 1.50. The first-order valence-electron chi connectivity index (χ1n) is 4.86. The van der Waals surface area contributed by atoms with Crippen molar-refractivity contribution in [2.75, 3.05) is 13.2 Å². The molecule has 0 bridgehead atoms. The van der Waals surface area contributed by atoms with E-state index in [1.54, 1.807) is 6.92 Å². The predicted molar refractivity (Wildman–Crippen MR) is 54.9 cm³/mol. The van der Waals surface area contributed by atoms with Crippen molar-refractivity contribution in [2.45, 2.75) is 19.8 Å². The van der Waals surface area contributed by atoms with E-state index in [1.165, 1.54) is 0 Å². The minimum atomic E-state index is -0.992. The number of carbonyl (C=O) groups is 4. The summed E-state index contributed by atoms with van der Waals surface area (Å²) < 4.78 is 8.75. The van der Waals surface area contributed by atoms with E-state index in [0.29, 0.717) is 0 Å². The molecule has 0 aromatic heterocycles. The van der Waals surface area contributed by atoms with Gasteiger partial charge in [-0.2, -0.15) is 0 Å². The van der Waals surface area contributed by atoms with Gasteiger partial charge in [0.15, 0.2) is 0 Å². The van der Waals surface area contributed by atoms with E-state index in [2.05, 4.69) is 15.2 Å². The molecule has 0 saturated heterocycles. The quantitative estimate of drug-likeness (QED) is 0.620. The number of rotatable bonds is 6. The smallest absolute Gasteiger partial charge is 0.413 e. The Balaban J connectivity index is 3.76. The average molecular weight is 246 g/mol. The summed E-state index contributed by atoms with van der Waals surface area (Å²) in [6.45, 7) is 1.51. The van der Waals surface area contributed by atoms with Crippen LogP contribution in [0.4, 0.5) is 9.59 Å². The van der Waals surface area contributed by atoms with Gasteiger partial charge in [-0.25, -0.2) is 9.59 Å². The van der Waals surface area contributed by atoms with Crippen molar-refractivity contribution in [3.63, 3.8) is 0 Å². The molecule has 0 aromatic carbocycles. The molecule has 0 rings (SSSR count). The first-order chi connectivity index (χ1) is 7.95. The van der Waals surface area contributed by atoms with Crippen molar-refractivity contribution in [1.29, 1.82) is 0 Å². The SMILES string of the molecule is CCOC(=O)NC(=O)CC(=O)CCOC(N)=O. The number of ketones is 1. The maximum atomic E-state index is 11.1. The van der Waals surface area contributed by atoms with E-state index in [9.17, 15) is 19.2 Å². The van der Waals surface area contributed by atoms with Gasteiger partial charge in [0.1, 0.15) is 12.4 Å². The molecule has 0 heterocycles. The molecule has 0 radical (unpaired) electrons. The number of Topliss-reactive ketones (excluding diaryl/α,β-unsaturated/α-hetero) is 1. The van der Waals surface area contributed by atoms with Gasteiger partial charge < -0.3 is 15.2 Å². The summed E-state index contributed by atoms with van der Waals surface area (Å²) in [6, 6.07) is 0. The Morgan fingerprint density at radius 3 is 2.35 bits per heavy atom. The Morgan fingerprint density at radius 1 is 1.18 bits per heavy atom. The standard InChI is InChI=1S/C9H14N2O6/c1-2-16-9(15)11-7(13)5-6(12)3-4-17-8(10)14/h2-5H2,1H3,(H2,10,14)(H,11,13,15). The fourth-order valence-corrected chi connectivity index (χ4v) is 0.858. The zero-order valence-electron chi connectivity index (χ0n) is 9.36. The largest absolute Gasteiger partial charge is 0.450 e. The molecule has 96 valence electrons. The normalized spacial score (nSPS) is 9.24. The summed E-state index contributed by atoms with van der Waals surface area (Å²) in [5.74, 6) is -1.25. The summed E-state index contributed by atoms with van der Waals surface area (Å²) in [6.07, 6.45) is -2.52. The molecule has 3 N–H and O–H groups in total. The second-order valence-electron chi connectivity index (χ2n) is 2.90. The molecular weight excluding hydrogens is 232 g/mol. The van der Waals surface area contributed by atoms with Gasteiger partial charge in [0, 0.05) is 6.42 Å². The molecule has 3 amide bonds. The van der Waals surface area contributed by atoms with Crippen molar-refractivity contribution in [2.24, 2.45) is 5.73 Å². The number of alkyl carbamates (subject to hydrolysis) is 1. The first-order valence-corrected chi connectivity index (χ1v) is 4.86. The van der Waals surface area contributed by atoms with E-state index in [0.717, 1.165) is 0 Å². The monoisotopic (exact) mass is 246 g/mol. The van der Waals surface area contributed by atoms with Gasteiger partial charge in [-0.1, -0.05) is 0 Å². The van der Waals surface area contributed by atoms with Crippen molar-refractivity contribution in [3.8, 4) is 0 Å². The summed E-state index contributed by atoms with van der Waals surface area (Å²) in [5, 5.41) is 1.86. The molecule has 8 nitrogen and oxygen atoms in total. The van der Waals surface area contributed by atoms with Gasteiger partial charge in [-0.3, -0.25) is 14.9 Å². The van der Waals surface area contributed by atoms with Crippen LogP contribution < -0.4 is 11.1 Å². The molecule has 0 saturated carbocycles. The van der Waals surface area contributed by atoms with E-state index in [1.807, 2.05) is 5.32 Å². The fraction of sp³-hybridized carbons (Fsp3) is 0.556. The number of hydrogen-bond donors (Lipinski definition) is 2. The van der Waals surface area contributed by atoms with E-state index < -0.39 is 30.3 Å². The molecule has 0 fully saturated rings. The molecule has 0 aliphatic rings. The fourth-order valence-electron chi connectivity index (χ4n) is 0.858. The molecular formula is C9H14N2O6. The van der Waals surface area contributed by atoms with Gasteiger partial charge in [0.25, 0.3) is 0 Å². The minimum absolute atomic E-state index is 0.125. The van der Waals surface area contributed by atoms with E-state index in [4.69, 9.17) is 0 Å². The lowest BCUT2D eigenvalue weighted by Crippen LogP contribution is -2.32. The third-order valence-corrected chi connectivity index (χ3v) is 1.50. The Bertz CT molecular complexity index is 315. The molecule has 0 aliphatic carbocycles. The summed E-state index contributed by atoms with van der Waals surface area (Å²) in [7, 11) is 0. The molecule has 0 aliphatic heterocycles. The van der Waals surface area contributed by atoms with Crippen LogP contribution in [0.5, 0.6) is 0 Å². The number of hydrogen-bond acceptors (Lipinski definition) is 6. The molecule has 17 heavy (non-hydrogen) atoms. The highest BCUT2D eigenvalue weighted by molar-refractivity contribution is 6.03. The lowest BCUT2D eigenvalue weighted by molar-refractivity contribution is -0.128. The van der Waals surface area contributed by atoms with Gasteiger partial charge in [-0.05, 0) is 6.92 Å².